The molecule has 0 atom stereocenters. The molecule has 0 amide bonds. The summed E-state index contributed by atoms with van der Waals surface area (Å²) in [5.41, 5.74) is -0.149. The minimum absolute atomic E-state index is 0.0746. The molecular weight excluding hydrogens is 298 g/mol. The van der Waals surface area contributed by atoms with Crippen molar-refractivity contribution < 1.29 is 29.7 Å². The van der Waals surface area contributed by atoms with Crippen LogP contribution in [-0.4, -0.2) is 55.8 Å². The Labute approximate surface area is 126 Å². The van der Waals surface area contributed by atoms with E-state index in [0.717, 1.165) is 0 Å². The molecule has 1 aliphatic rings. The highest BCUT2D eigenvalue weighted by molar-refractivity contribution is 5.45. The summed E-state index contributed by atoms with van der Waals surface area (Å²) in [6.45, 7) is 2.03. The summed E-state index contributed by atoms with van der Waals surface area (Å²) < 4.78 is 11.5. The Morgan fingerprint density at radius 3 is 2.68 bits per heavy atom. The standard InChI is InChI=1S/C12H19N3O7/c1-8-10(15(19)20)11(22-12(17,18)4-5-16)13-14(8)9-2-6-21-7-3-9/h9,16-18H,2-7H2,1H3. The Morgan fingerprint density at radius 2 is 2.14 bits per heavy atom. The van der Waals surface area contributed by atoms with Gasteiger partial charge in [0.25, 0.3) is 0 Å². The molecule has 0 aliphatic carbocycles. The maximum absolute atomic E-state index is 11.2. The van der Waals surface area contributed by atoms with Crippen molar-refractivity contribution in [1.82, 2.24) is 9.78 Å². The molecular formula is C12H19N3O7. The van der Waals surface area contributed by atoms with Gasteiger partial charge in [-0.25, -0.2) is 0 Å². The Bertz CT molecular complexity index is 537. The lowest BCUT2D eigenvalue weighted by Gasteiger charge is -2.23. The molecule has 1 aromatic rings. The van der Waals surface area contributed by atoms with Crippen molar-refractivity contribution in [3.05, 3.63) is 15.8 Å². The van der Waals surface area contributed by atoms with E-state index in [1.807, 2.05) is 0 Å². The number of nitrogens with zero attached hydrogens (tertiary/aromatic N) is 3. The highest BCUT2D eigenvalue weighted by Crippen LogP contribution is 2.35. The highest BCUT2D eigenvalue weighted by atomic mass is 16.8. The molecule has 0 radical (unpaired) electrons. The molecule has 0 saturated carbocycles. The molecule has 1 saturated heterocycles. The maximum Gasteiger partial charge on any atom is 0.353 e. The third-order valence-corrected chi connectivity index (χ3v) is 3.50. The van der Waals surface area contributed by atoms with Crippen molar-refractivity contribution in [3.63, 3.8) is 0 Å². The monoisotopic (exact) mass is 317 g/mol. The molecule has 0 spiro atoms. The molecule has 0 aromatic carbocycles. The fourth-order valence-corrected chi connectivity index (χ4v) is 2.40. The van der Waals surface area contributed by atoms with E-state index in [4.69, 9.17) is 14.6 Å². The largest absolute Gasteiger partial charge is 0.414 e. The Balaban J connectivity index is 2.34. The lowest BCUT2D eigenvalue weighted by Crippen LogP contribution is -2.36. The van der Waals surface area contributed by atoms with Gasteiger partial charge in [0, 0.05) is 13.2 Å². The van der Waals surface area contributed by atoms with E-state index in [1.165, 1.54) is 11.6 Å². The van der Waals surface area contributed by atoms with Crippen LogP contribution in [0.2, 0.25) is 0 Å². The predicted molar refractivity (Wildman–Crippen MR) is 72.2 cm³/mol. The molecule has 1 aliphatic heterocycles. The number of aliphatic hydroxyl groups is 3. The van der Waals surface area contributed by atoms with Crippen LogP contribution in [-0.2, 0) is 4.74 Å². The van der Waals surface area contributed by atoms with E-state index in [1.54, 1.807) is 0 Å². The van der Waals surface area contributed by atoms with Gasteiger partial charge in [0.2, 0.25) is 0 Å². The maximum atomic E-state index is 11.2. The minimum atomic E-state index is -2.72. The van der Waals surface area contributed by atoms with Crippen molar-refractivity contribution in [2.45, 2.75) is 38.2 Å². The van der Waals surface area contributed by atoms with Gasteiger partial charge in [-0.1, -0.05) is 0 Å². The Morgan fingerprint density at radius 1 is 1.50 bits per heavy atom. The van der Waals surface area contributed by atoms with Crippen molar-refractivity contribution in [2.24, 2.45) is 0 Å². The van der Waals surface area contributed by atoms with Crippen LogP contribution in [0.3, 0.4) is 0 Å². The molecule has 3 N–H and O–H groups in total. The van der Waals surface area contributed by atoms with Crippen LogP contribution in [0.25, 0.3) is 0 Å². The molecule has 1 aromatic heterocycles. The predicted octanol–water partition coefficient (Wildman–Crippen LogP) is -0.149. The van der Waals surface area contributed by atoms with E-state index >= 15 is 0 Å². The van der Waals surface area contributed by atoms with Crippen LogP contribution in [0.1, 0.15) is 31.0 Å². The molecule has 10 heteroatoms. The van der Waals surface area contributed by atoms with Crippen LogP contribution in [0.5, 0.6) is 5.88 Å². The molecule has 124 valence electrons. The van der Waals surface area contributed by atoms with E-state index in [2.05, 4.69) is 5.10 Å². The average molecular weight is 317 g/mol. The summed E-state index contributed by atoms with van der Waals surface area (Å²) in [6.07, 6.45) is 0.783. The average Bonchev–Trinajstić information content (AvgIpc) is 2.75. The number of ether oxygens (including phenoxy) is 2. The molecule has 2 rings (SSSR count). The van der Waals surface area contributed by atoms with Gasteiger partial charge in [-0.05, 0) is 19.8 Å². The van der Waals surface area contributed by atoms with Crippen molar-refractivity contribution >= 4 is 5.69 Å². The SMILES string of the molecule is Cc1c([N+](=O)[O-])c(OC(O)(O)CCO)nn1C1CCOCC1. The molecule has 2 heterocycles. The fourth-order valence-electron chi connectivity index (χ4n) is 2.40. The topological polar surface area (TPSA) is 140 Å². The lowest BCUT2D eigenvalue weighted by molar-refractivity contribution is -0.389. The number of rotatable bonds is 6. The fraction of sp³-hybridized carbons (Fsp3) is 0.750. The first kappa shape index (κ1) is 16.6. The first-order valence-electron chi connectivity index (χ1n) is 6.91. The van der Waals surface area contributed by atoms with E-state index in [-0.39, 0.29) is 11.7 Å². The normalized spacial score (nSPS) is 16.7. The zero-order valence-corrected chi connectivity index (χ0v) is 12.1. The second-order valence-corrected chi connectivity index (χ2v) is 5.10. The minimum Gasteiger partial charge on any atom is -0.414 e. The number of nitro groups is 1. The Hall–Kier alpha value is -1.75. The zero-order chi connectivity index (χ0) is 16.3. The molecule has 22 heavy (non-hydrogen) atoms. The van der Waals surface area contributed by atoms with Crippen molar-refractivity contribution in [3.8, 4) is 5.88 Å². The molecule has 0 unspecified atom stereocenters. The van der Waals surface area contributed by atoms with Gasteiger partial charge < -0.3 is 24.8 Å². The van der Waals surface area contributed by atoms with Crippen LogP contribution >= 0.6 is 0 Å². The van der Waals surface area contributed by atoms with Crippen LogP contribution in [0, 0.1) is 17.0 Å². The third kappa shape index (κ3) is 3.53. The number of hydrogen-bond acceptors (Lipinski definition) is 8. The summed E-state index contributed by atoms with van der Waals surface area (Å²) in [6, 6.07) is -0.0746. The second kappa shape index (κ2) is 6.57. The van der Waals surface area contributed by atoms with Crippen LogP contribution in [0.4, 0.5) is 5.69 Å². The zero-order valence-electron chi connectivity index (χ0n) is 12.1. The molecule has 0 bridgehead atoms. The smallest absolute Gasteiger partial charge is 0.353 e. The van der Waals surface area contributed by atoms with Crippen LogP contribution in [0.15, 0.2) is 0 Å². The second-order valence-electron chi connectivity index (χ2n) is 5.10. The van der Waals surface area contributed by atoms with Crippen LogP contribution < -0.4 is 4.74 Å². The van der Waals surface area contributed by atoms with E-state index < -0.39 is 35.5 Å². The molecule has 10 nitrogen and oxygen atoms in total. The van der Waals surface area contributed by atoms with Crippen molar-refractivity contribution in [1.29, 1.82) is 0 Å². The van der Waals surface area contributed by atoms with Gasteiger partial charge in [0.05, 0.1) is 24.0 Å². The van der Waals surface area contributed by atoms with Crippen molar-refractivity contribution in [2.75, 3.05) is 19.8 Å². The quantitative estimate of drug-likeness (QED) is 0.374. The van der Waals surface area contributed by atoms with Gasteiger partial charge in [-0.3, -0.25) is 14.8 Å². The first-order valence-corrected chi connectivity index (χ1v) is 6.91. The van der Waals surface area contributed by atoms with Gasteiger partial charge >= 0.3 is 17.5 Å². The molecule has 1 fully saturated rings. The van der Waals surface area contributed by atoms with E-state index in [9.17, 15) is 20.3 Å². The van der Waals surface area contributed by atoms with E-state index in [0.29, 0.717) is 26.1 Å². The van der Waals surface area contributed by atoms with Gasteiger partial charge in [-0.2, -0.15) is 0 Å². The number of aromatic nitrogens is 2. The summed E-state index contributed by atoms with van der Waals surface area (Å²) in [7, 11) is 0. The van der Waals surface area contributed by atoms with Gasteiger partial charge in [0.15, 0.2) is 0 Å². The first-order chi connectivity index (χ1) is 10.4. The highest BCUT2D eigenvalue weighted by Gasteiger charge is 2.35. The number of aliphatic hydroxyl groups excluding tert-OH is 1. The van der Waals surface area contributed by atoms with Gasteiger partial charge in [0.1, 0.15) is 5.69 Å². The summed E-state index contributed by atoms with van der Waals surface area (Å²) in [4.78, 5) is 10.5. The lowest BCUT2D eigenvalue weighted by atomic mass is 10.1. The summed E-state index contributed by atoms with van der Waals surface area (Å²) in [5, 5.41) is 43.1. The van der Waals surface area contributed by atoms with Gasteiger partial charge in [-0.15, -0.1) is 5.10 Å². The third-order valence-electron chi connectivity index (χ3n) is 3.50. The summed E-state index contributed by atoms with van der Waals surface area (Å²) in [5.74, 6) is -3.20. The summed E-state index contributed by atoms with van der Waals surface area (Å²) >= 11 is 0. The number of hydrogen-bond donors (Lipinski definition) is 3. The Kier molecular flexibility index (Phi) is 4.96.